The first-order chi connectivity index (χ1) is 15.7. The summed E-state index contributed by atoms with van der Waals surface area (Å²) in [6.07, 6.45) is 0.597. The van der Waals surface area contributed by atoms with Crippen molar-refractivity contribution in [3.63, 3.8) is 0 Å². The number of ether oxygens (including phenoxy) is 1. The quantitative estimate of drug-likeness (QED) is 0.430. The Morgan fingerprint density at radius 3 is 2.48 bits per heavy atom. The number of aromatic nitrogens is 1. The fourth-order valence-corrected chi connectivity index (χ4v) is 3.48. The van der Waals surface area contributed by atoms with E-state index >= 15 is 0 Å². The van der Waals surface area contributed by atoms with Gasteiger partial charge in [-0.2, -0.15) is 0 Å². The summed E-state index contributed by atoms with van der Waals surface area (Å²) < 4.78 is 16.1. The molecule has 2 heterocycles. The first-order valence-corrected chi connectivity index (χ1v) is 10.7. The van der Waals surface area contributed by atoms with E-state index in [-0.39, 0.29) is 23.2 Å². The van der Waals surface area contributed by atoms with Crippen LogP contribution in [-0.2, 0) is 16.6 Å². The molecule has 0 bridgehead atoms. The van der Waals surface area contributed by atoms with E-state index < -0.39 is 0 Å². The summed E-state index contributed by atoms with van der Waals surface area (Å²) in [4.78, 5) is 25.0. The molecule has 0 aliphatic carbocycles. The Bertz CT molecular complexity index is 1340. The largest absolute Gasteiger partial charge is 0.479 e. The van der Waals surface area contributed by atoms with E-state index in [0.717, 1.165) is 5.56 Å². The maximum Gasteiger partial charge on any atom is 0.254 e. The lowest BCUT2D eigenvalue weighted by molar-refractivity contribution is -0.116. The average molecular weight is 447 g/mol. The van der Waals surface area contributed by atoms with E-state index in [1.54, 1.807) is 24.3 Å². The summed E-state index contributed by atoms with van der Waals surface area (Å²) in [6, 6.07) is 16.1. The molecule has 0 atom stereocenters. The third-order valence-corrected chi connectivity index (χ3v) is 5.39. The van der Waals surface area contributed by atoms with Crippen molar-refractivity contribution >= 4 is 22.6 Å². The summed E-state index contributed by atoms with van der Waals surface area (Å²) in [5, 5.41) is 7.01. The fourth-order valence-electron chi connectivity index (χ4n) is 3.48. The summed E-state index contributed by atoms with van der Waals surface area (Å²) in [5.41, 5.74) is 2.88. The minimum Gasteiger partial charge on any atom is -0.479 e. The summed E-state index contributed by atoms with van der Waals surface area (Å²) in [6.45, 7) is 6.45. The number of nitrogens with zero attached hydrogens (tertiary/aromatic N) is 1. The highest BCUT2D eigenvalue weighted by Gasteiger charge is 2.15. The van der Waals surface area contributed by atoms with Gasteiger partial charge in [0.1, 0.15) is 17.1 Å². The number of methoxy groups -OCH3 is 1. The smallest absolute Gasteiger partial charge is 0.254 e. The van der Waals surface area contributed by atoms with Crippen LogP contribution in [0.1, 0.15) is 38.5 Å². The molecule has 7 nitrogen and oxygen atoms in total. The number of amides is 1. The monoisotopic (exact) mass is 446 g/mol. The molecule has 0 aliphatic rings. The Kier molecular flexibility index (Phi) is 6.05. The molecule has 4 aromatic rings. The topological polar surface area (TPSA) is 94.6 Å². The van der Waals surface area contributed by atoms with Crippen molar-refractivity contribution in [2.75, 3.05) is 12.4 Å². The van der Waals surface area contributed by atoms with Crippen LogP contribution in [0, 0.1) is 0 Å². The van der Waals surface area contributed by atoms with Crippen LogP contribution in [0.15, 0.2) is 68.3 Å². The van der Waals surface area contributed by atoms with Crippen LogP contribution in [-0.4, -0.2) is 18.2 Å². The van der Waals surface area contributed by atoms with Crippen molar-refractivity contribution in [1.29, 1.82) is 0 Å². The van der Waals surface area contributed by atoms with E-state index in [9.17, 15) is 9.59 Å². The molecule has 2 aromatic heterocycles. The molecule has 0 saturated carbocycles. The predicted molar refractivity (Wildman–Crippen MR) is 127 cm³/mol. The summed E-state index contributed by atoms with van der Waals surface area (Å²) in [5.74, 6) is 1.23. The Labute approximate surface area is 191 Å². The van der Waals surface area contributed by atoms with Gasteiger partial charge in [0, 0.05) is 42.3 Å². The molecule has 33 heavy (non-hydrogen) atoms. The summed E-state index contributed by atoms with van der Waals surface area (Å²) >= 11 is 0. The molecule has 0 fully saturated rings. The number of fused-ring (bicyclic) bond motifs is 1. The highest BCUT2D eigenvalue weighted by atomic mass is 16.5. The van der Waals surface area contributed by atoms with Gasteiger partial charge in [-0.25, -0.2) is 0 Å². The van der Waals surface area contributed by atoms with Gasteiger partial charge in [-0.1, -0.05) is 45.0 Å². The van der Waals surface area contributed by atoms with Crippen molar-refractivity contribution in [1.82, 2.24) is 5.16 Å². The van der Waals surface area contributed by atoms with Crippen molar-refractivity contribution in [3.8, 4) is 17.2 Å². The van der Waals surface area contributed by atoms with Gasteiger partial charge < -0.3 is 19.0 Å². The molecule has 0 unspecified atom stereocenters. The number of carbonyl (C=O) groups excluding carboxylic acids is 1. The van der Waals surface area contributed by atoms with Gasteiger partial charge in [0.2, 0.25) is 5.91 Å². The normalized spacial score (nSPS) is 11.5. The minimum absolute atomic E-state index is 0.0371. The molecule has 7 heteroatoms. The average Bonchev–Trinajstić information content (AvgIpc) is 3.25. The van der Waals surface area contributed by atoms with E-state index in [1.807, 2.05) is 24.3 Å². The van der Waals surface area contributed by atoms with Crippen LogP contribution in [0.25, 0.3) is 22.3 Å². The second kappa shape index (κ2) is 8.94. The molecule has 170 valence electrons. The van der Waals surface area contributed by atoms with Gasteiger partial charge >= 0.3 is 0 Å². The van der Waals surface area contributed by atoms with Gasteiger partial charge in [0.25, 0.3) is 5.88 Å². The highest BCUT2D eigenvalue weighted by Crippen LogP contribution is 2.28. The second-order valence-corrected chi connectivity index (χ2v) is 8.90. The maximum absolute atomic E-state index is 12.6. The number of carbonyl (C=O) groups is 1. The Balaban J connectivity index is 1.52. The fraction of sp³-hybridized carbons (Fsp3) is 0.269. The minimum atomic E-state index is -0.194. The van der Waals surface area contributed by atoms with E-state index in [1.165, 1.54) is 18.7 Å². The van der Waals surface area contributed by atoms with Crippen LogP contribution >= 0.6 is 0 Å². The third-order valence-electron chi connectivity index (χ3n) is 5.39. The third kappa shape index (κ3) is 5.14. The number of benzene rings is 2. The number of hydrogen-bond donors (Lipinski definition) is 1. The Morgan fingerprint density at radius 1 is 1.06 bits per heavy atom. The molecule has 0 saturated heterocycles. The molecule has 0 spiro atoms. The van der Waals surface area contributed by atoms with Crippen LogP contribution in [0.4, 0.5) is 5.69 Å². The van der Waals surface area contributed by atoms with Gasteiger partial charge in [0.15, 0.2) is 5.43 Å². The molecule has 1 amide bonds. The molecular weight excluding hydrogens is 420 g/mol. The standard InChI is InChI=1S/C26H26N2O5/c1-26(2,3)17-7-5-16(6-8-17)22-15-21(29)20-11-9-18(13-23(20)32-22)27-24(30)12-10-19-14-25(31-4)28-33-19/h5-9,11,13-15H,10,12H2,1-4H3,(H,27,30). The zero-order chi connectivity index (χ0) is 23.6. The molecule has 4 rings (SSSR count). The van der Waals surface area contributed by atoms with E-state index in [0.29, 0.717) is 40.5 Å². The lowest BCUT2D eigenvalue weighted by Crippen LogP contribution is -2.12. The molecule has 2 aromatic carbocycles. The predicted octanol–water partition coefficient (Wildman–Crippen LogP) is 5.33. The SMILES string of the molecule is COc1cc(CCC(=O)Nc2ccc3c(=O)cc(-c4ccc(C(C)(C)C)cc4)oc3c2)on1. The zero-order valence-electron chi connectivity index (χ0n) is 19.1. The lowest BCUT2D eigenvalue weighted by Gasteiger charge is -2.19. The van der Waals surface area contributed by atoms with Crippen molar-refractivity contribution in [2.24, 2.45) is 0 Å². The van der Waals surface area contributed by atoms with Crippen LogP contribution < -0.4 is 15.5 Å². The molecule has 0 radical (unpaired) electrons. The zero-order valence-corrected chi connectivity index (χ0v) is 19.1. The van der Waals surface area contributed by atoms with Crippen LogP contribution in [0.2, 0.25) is 0 Å². The van der Waals surface area contributed by atoms with E-state index in [2.05, 4.69) is 31.2 Å². The lowest BCUT2D eigenvalue weighted by atomic mass is 9.86. The van der Waals surface area contributed by atoms with Gasteiger partial charge in [-0.05, 0) is 28.3 Å². The van der Waals surface area contributed by atoms with Crippen molar-refractivity contribution in [2.45, 2.75) is 39.0 Å². The second-order valence-electron chi connectivity index (χ2n) is 8.90. The van der Waals surface area contributed by atoms with Gasteiger partial charge in [-0.15, -0.1) is 0 Å². The Hall–Kier alpha value is -3.87. The van der Waals surface area contributed by atoms with E-state index in [4.69, 9.17) is 13.7 Å². The Morgan fingerprint density at radius 2 is 1.82 bits per heavy atom. The van der Waals surface area contributed by atoms with Gasteiger partial charge in [-0.3, -0.25) is 9.59 Å². The number of nitrogens with one attached hydrogen (secondary N) is 1. The number of hydrogen-bond acceptors (Lipinski definition) is 6. The highest BCUT2D eigenvalue weighted by molar-refractivity contribution is 5.93. The maximum atomic E-state index is 12.6. The molecule has 0 aliphatic heterocycles. The molecular formula is C26H26N2O5. The van der Waals surface area contributed by atoms with Crippen molar-refractivity contribution in [3.05, 3.63) is 76.1 Å². The first-order valence-electron chi connectivity index (χ1n) is 10.7. The number of aryl methyl sites for hydroxylation is 1. The number of anilines is 1. The van der Waals surface area contributed by atoms with Gasteiger partial charge in [0.05, 0.1) is 12.5 Å². The number of rotatable bonds is 6. The first kappa shape index (κ1) is 22.3. The van der Waals surface area contributed by atoms with Crippen LogP contribution in [0.5, 0.6) is 5.88 Å². The van der Waals surface area contributed by atoms with Crippen molar-refractivity contribution < 1.29 is 18.5 Å². The molecule has 1 N–H and O–H groups in total. The summed E-state index contributed by atoms with van der Waals surface area (Å²) in [7, 11) is 1.50. The van der Waals surface area contributed by atoms with Crippen LogP contribution in [0.3, 0.4) is 0 Å².